The molecule has 0 unspecified atom stereocenters. The Morgan fingerprint density at radius 2 is 1.62 bits per heavy atom. The Labute approximate surface area is 130 Å². The van der Waals surface area contributed by atoms with Gasteiger partial charge in [0.05, 0.1) is 14.9 Å². The van der Waals surface area contributed by atoms with Crippen molar-refractivity contribution in [3.63, 3.8) is 0 Å². The van der Waals surface area contributed by atoms with E-state index in [1.165, 1.54) is 12.1 Å². The van der Waals surface area contributed by atoms with E-state index in [4.69, 9.17) is 0 Å². The Balaban J connectivity index is 2.44. The monoisotopic (exact) mass is 360 g/mol. The molecule has 6 heteroatoms. The first-order valence-electron chi connectivity index (χ1n) is 6.07. The van der Waals surface area contributed by atoms with Crippen molar-refractivity contribution in [1.82, 2.24) is 3.97 Å². The number of fused-ring (bicyclic) bond motifs is 1. The van der Waals surface area contributed by atoms with Crippen LogP contribution in [0.3, 0.4) is 0 Å². The number of rotatable bonds is 2. The number of hydrogen-bond acceptors (Lipinski definition) is 3. The van der Waals surface area contributed by atoms with Crippen LogP contribution in [0.25, 0.3) is 10.9 Å². The van der Waals surface area contributed by atoms with Crippen LogP contribution in [0, 0.1) is 11.3 Å². The molecule has 0 bridgehead atoms. The molecule has 1 heterocycles. The molecule has 4 nitrogen and oxygen atoms in total. The van der Waals surface area contributed by atoms with E-state index in [2.05, 4.69) is 15.9 Å². The summed E-state index contributed by atoms with van der Waals surface area (Å²) in [6.45, 7) is 0. The highest BCUT2D eigenvalue weighted by Crippen LogP contribution is 2.33. The van der Waals surface area contributed by atoms with E-state index < -0.39 is 10.0 Å². The number of nitriles is 1. The molecule has 0 spiro atoms. The van der Waals surface area contributed by atoms with E-state index >= 15 is 0 Å². The third-order valence-corrected chi connectivity index (χ3v) is 5.69. The van der Waals surface area contributed by atoms with Crippen LogP contribution in [-0.2, 0) is 10.0 Å². The lowest BCUT2D eigenvalue weighted by molar-refractivity contribution is 0.588. The van der Waals surface area contributed by atoms with Gasteiger partial charge in [0.2, 0.25) is 0 Å². The van der Waals surface area contributed by atoms with Crippen LogP contribution < -0.4 is 0 Å². The van der Waals surface area contributed by atoms with Crippen LogP contribution in [0.4, 0.5) is 0 Å². The second kappa shape index (κ2) is 5.02. The molecule has 0 saturated heterocycles. The van der Waals surface area contributed by atoms with Gasteiger partial charge in [-0.1, -0.05) is 36.4 Å². The van der Waals surface area contributed by atoms with E-state index in [0.717, 1.165) is 3.97 Å². The summed E-state index contributed by atoms with van der Waals surface area (Å²) >= 11 is 3.32. The van der Waals surface area contributed by atoms with Crippen LogP contribution in [0.2, 0.25) is 0 Å². The molecule has 0 atom stereocenters. The minimum atomic E-state index is -3.82. The maximum Gasteiger partial charge on any atom is 0.269 e. The van der Waals surface area contributed by atoms with Gasteiger partial charge in [-0.05, 0) is 34.1 Å². The summed E-state index contributed by atoms with van der Waals surface area (Å²) in [5.74, 6) is 0. The lowest BCUT2D eigenvalue weighted by atomic mass is 10.2. The third-order valence-electron chi connectivity index (χ3n) is 3.16. The normalized spacial score (nSPS) is 11.4. The maximum absolute atomic E-state index is 12.8. The Bertz CT molecular complexity index is 970. The number of nitrogens with zero attached hydrogens (tertiary/aromatic N) is 2. The molecule has 0 saturated carbocycles. The average Bonchev–Trinajstić information content (AvgIpc) is 2.81. The molecule has 0 fully saturated rings. The Hall–Kier alpha value is -2.10. The Kier molecular flexibility index (Phi) is 3.32. The van der Waals surface area contributed by atoms with Gasteiger partial charge >= 0.3 is 0 Å². The van der Waals surface area contributed by atoms with Crippen LogP contribution in [0.1, 0.15) is 5.69 Å². The number of para-hydroxylation sites is 1. The molecule has 0 aliphatic rings. The number of aromatic nitrogens is 1. The summed E-state index contributed by atoms with van der Waals surface area (Å²) in [4.78, 5) is 0.148. The second-order valence-corrected chi connectivity index (χ2v) is 6.95. The Morgan fingerprint density at radius 1 is 1.00 bits per heavy atom. The van der Waals surface area contributed by atoms with E-state index in [0.29, 0.717) is 15.4 Å². The van der Waals surface area contributed by atoms with E-state index in [-0.39, 0.29) is 10.6 Å². The molecule has 21 heavy (non-hydrogen) atoms. The van der Waals surface area contributed by atoms with Gasteiger partial charge in [-0.2, -0.15) is 5.26 Å². The van der Waals surface area contributed by atoms with Gasteiger partial charge in [0.15, 0.2) is 0 Å². The summed E-state index contributed by atoms with van der Waals surface area (Å²) in [5.41, 5.74) is 0.546. The zero-order valence-electron chi connectivity index (χ0n) is 10.7. The highest BCUT2D eigenvalue weighted by molar-refractivity contribution is 9.10. The van der Waals surface area contributed by atoms with Gasteiger partial charge in [0, 0.05) is 5.39 Å². The first-order valence-corrected chi connectivity index (χ1v) is 8.30. The van der Waals surface area contributed by atoms with Crippen molar-refractivity contribution in [2.75, 3.05) is 0 Å². The first-order chi connectivity index (χ1) is 10.1. The summed E-state index contributed by atoms with van der Waals surface area (Å²) in [6.07, 6.45) is 0. The minimum Gasteiger partial charge on any atom is -0.222 e. The van der Waals surface area contributed by atoms with Crippen molar-refractivity contribution in [3.8, 4) is 6.07 Å². The molecule has 1 aromatic heterocycles. The van der Waals surface area contributed by atoms with Crippen LogP contribution in [0.5, 0.6) is 0 Å². The number of hydrogen-bond donors (Lipinski definition) is 0. The van der Waals surface area contributed by atoms with E-state index in [1.54, 1.807) is 42.5 Å². The Morgan fingerprint density at radius 3 is 2.29 bits per heavy atom. The minimum absolute atomic E-state index is 0.0695. The highest BCUT2D eigenvalue weighted by Gasteiger charge is 2.25. The molecule has 2 aromatic carbocycles. The molecular weight excluding hydrogens is 352 g/mol. The van der Waals surface area contributed by atoms with Gasteiger partial charge in [-0.3, -0.25) is 0 Å². The summed E-state index contributed by atoms with van der Waals surface area (Å²) in [6, 6.07) is 17.0. The predicted molar refractivity (Wildman–Crippen MR) is 83.4 cm³/mol. The van der Waals surface area contributed by atoms with Crippen molar-refractivity contribution in [2.24, 2.45) is 0 Å². The molecule has 0 amide bonds. The van der Waals surface area contributed by atoms with Gasteiger partial charge in [0.1, 0.15) is 11.8 Å². The predicted octanol–water partition coefficient (Wildman–Crippen LogP) is 3.51. The maximum atomic E-state index is 12.8. The summed E-state index contributed by atoms with van der Waals surface area (Å²) < 4.78 is 27.2. The van der Waals surface area contributed by atoms with Gasteiger partial charge in [0.25, 0.3) is 10.0 Å². The lowest BCUT2D eigenvalue weighted by Crippen LogP contribution is -2.14. The van der Waals surface area contributed by atoms with E-state index in [9.17, 15) is 13.7 Å². The number of benzene rings is 2. The van der Waals surface area contributed by atoms with Crippen molar-refractivity contribution in [2.45, 2.75) is 4.90 Å². The van der Waals surface area contributed by atoms with Crippen LogP contribution in [0.15, 0.2) is 64.0 Å². The zero-order chi connectivity index (χ0) is 15.0. The lowest BCUT2D eigenvalue weighted by Gasteiger charge is -2.08. The molecule has 0 aliphatic carbocycles. The fourth-order valence-electron chi connectivity index (χ4n) is 2.22. The quantitative estimate of drug-likeness (QED) is 0.702. The molecule has 0 N–H and O–H groups in total. The van der Waals surface area contributed by atoms with Crippen LogP contribution >= 0.6 is 15.9 Å². The van der Waals surface area contributed by atoms with Gasteiger partial charge < -0.3 is 0 Å². The van der Waals surface area contributed by atoms with Crippen molar-refractivity contribution < 1.29 is 8.42 Å². The van der Waals surface area contributed by atoms with E-state index in [1.807, 2.05) is 6.07 Å². The zero-order valence-corrected chi connectivity index (χ0v) is 13.1. The number of halogens is 1. The largest absolute Gasteiger partial charge is 0.269 e. The standard InChI is InChI=1S/C15H9BrN2O2S/c16-15-12-8-4-5-9-13(12)18(14(15)10-17)21(19,20)11-6-2-1-3-7-11/h1-9H. The fraction of sp³-hybridized carbons (Fsp3) is 0. The smallest absolute Gasteiger partial charge is 0.222 e. The summed E-state index contributed by atoms with van der Waals surface area (Å²) in [5, 5.41) is 10.0. The van der Waals surface area contributed by atoms with Gasteiger partial charge in [-0.15, -0.1) is 0 Å². The molecule has 3 rings (SSSR count). The summed E-state index contributed by atoms with van der Waals surface area (Å²) in [7, 11) is -3.82. The SMILES string of the molecule is N#Cc1c(Br)c2ccccc2n1S(=O)(=O)c1ccccc1. The van der Waals surface area contributed by atoms with Gasteiger partial charge in [-0.25, -0.2) is 12.4 Å². The average molecular weight is 361 g/mol. The molecule has 0 radical (unpaired) electrons. The fourth-order valence-corrected chi connectivity index (χ4v) is 4.44. The molecular formula is C15H9BrN2O2S. The van der Waals surface area contributed by atoms with Crippen molar-refractivity contribution >= 4 is 36.9 Å². The molecule has 104 valence electrons. The second-order valence-electron chi connectivity index (χ2n) is 4.37. The van der Waals surface area contributed by atoms with Crippen molar-refractivity contribution in [1.29, 1.82) is 5.26 Å². The van der Waals surface area contributed by atoms with Crippen LogP contribution in [-0.4, -0.2) is 12.4 Å². The first kappa shape index (κ1) is 13.9. The molecule has 3 aromatic rings. The highest BCUT2D eigenvalue weighted by atomic mass is 79.9. The molecule has 0 aliphatic heterocycles. The van der Waals surface area contributed by atoms with Crippen molar-refractivity contribution in [3.05, 3.63) is 64.8 Å². The topological polar surface area (TPSA) is 62.9 Å². The third kappa shape index (κ3) is 2.06.